The zero-order chi connectivity index (χ0) is 17.1. The zero-order valence-corrected chi connectivity index (χ0v) is 14.2. The van der Waals surface area contributed by atoms with E-state index >= 15 is 0 Å². The topological polar surface area (TPSA) is 41.9 Å². The van der Waals surface area contributed by atoms with Crippen LogP contribution in [0, 0.1) is 0 Å². The summed E-state index contributed by atoms with van der Waals surface area (Å²) in [7, 11) is 0. The Morgan fingerprint density at radius 3 is 2.40 bits per heavy atom. The largest absolute Gasteiger partial charge is 0.485 e. The van der Waals surface area contributed by atoms with Crippen LogP contribution < -0.4 is 9.47 Å². The Morgan fingerprint density at radius 1 is 0.960 bits per heavy atom. The van der Waals surface area contributed by atoms with Crippen LogP contribution in [0.15, 0.2) is 66.9 Å². The molecule has 0 radical (unpaired) electrons. The van der Waals surface area contributed by atoms with Crippen LogP contribution in [0.2, 0.25) is 0 Å². The SMILES string of the molecule is OC1(c2ccccc2)CCN(/C=C/C2COc3ccccc3O2)CC1. The van der Waals surface area contributed by atoms with E-state index in [1.807, 2.05) is 60.7 Å². The summed E-state index contributed by atoms with van der Waals surface area (Å²) in [5.41, 5.74) is 0.300. The quantitative estimate of drug-likeness (QED) is 0.933. The maximum atomic E-state index is 10.9. The van der Waals surface area contributed by atoms with Crippen LogP contribution in [-0.4, -0.2) is 35.8 Å². The number of hydrogen-bond acceptors (Lipinski definition) is 4. The fraction of sp³-hybridized carbons (Fsp3) is 0.333. The van der Waals surface area contributed by atoms with Crippen LogP contribution in [0.5, 0.6) is 11.5 Å². The predicted octanol–water partition coefficient (Wildman–Crippen LogP) is 3.32. The molecule has 1 N–H and O–H groups in total. The number of ether oxygens (including phenoxy) is 2. The first kappa shape index (κ1) is 16.0. The molecule has 130 valence electrons. The minimum Gasteiger partial charge on any atom is -0.485 e. The fourth-order valence-corrected chi connectivity index (χ4v) is 3.43. The van der Waals surface area contributed by atoms with Crippen molar-refractivity contribution in [3.63, 3.8) is 0 Å². The lowest BCUT2D eigenvalue weighted by Crippen LogP contribution is -2.40. The first-order valence-electron chi connectivity index (χ1n) is 8.82. The number of fused-ring (bicyclic) bond motifs is 1. The summed E-state index contributed by atoms with van der Waals surface area (Å²) >= 11 is 0. The molecule has 2 heterocycles. The molecule has 1 fully saturated rings. The van der Waals surface area contributed by atoms with Gasteiger partial charge < -0.3 is 19.5 Å². The van der Waals surface area contributed by atoms with Crippen molar-refractivity contribution >= 4 is 0 Å². The molecule has 25 heavy (non-hydrogen) atoms. The van der Waals surface area contributed by atoms with E-state index in [4.69, 9.17) is 9.47 Å². The van der Waals surface area contributed by atoms with Crippen molar-refractivity contribution in [2.75, 3.05) is 19.7 Å². The van der Waals surface area contributed by atoms with Crippen molar-refractivity contribution in [2.45, 2.75) is 24.5 Å². The lowest BCUT2D eigenvalue weighted by Gasteiger charge is -2.38. The van der Waals surface area contributed by atoms with E-state index in [-0.39, 0.29) is 6.10 Å². The third-order valence-electron chi connectivity index (χ3n) is 4.98. The van der Waals surface area contributed by atoms with E-state index in [1.54, 1.807) is 0 Å². The number of likely N-dealkylation sites (tertiary alicyclic amines) is 1. The number of piperidine rings is 1. The van der Waals surface area contributed by atoms with E-state index < -0.39 is 5.60 Å². The summed E-state index contributed by atoms with van der Waals surface area (Å²) in [4.78, 5) is 2.24. The number of nitrogens with zero attached hydrogens (tertiary/aromatic N) is 1. The Bertz CT molecular complexity index is 736. The number of benzene rings is 2. The van der Waals surface area contributed by atoms with Crippen LogP contribution in [0.1, 0.15) is 18.4 Å². The predicted molar refractivity (Wildman–Crippen MR) is 96.6 cm³/mol. The number of aliphatic hydroxyl groups is 1. The molecule has 4 heteroatoms. The molecule has 2 aliphatic heterocycles. The van der Waals surface area contributed by atoms with Crippen molar-refractivity contribution in [1.82, 2.24) is 4.90 Å². The van der Waals surface area contributed by atoms with E-state index in [9.17, 15) is 5.11 Å². The summed E-state index contributed by atoms with van der Waals surface area (Å²) in [6, 6.07) is 17.7. The molecule has 0 spiro atoms. The highest BCUT2D eigenvalue weighted by Crippen LogP contribution is 2.33. The highest BCUT2D eigenvalue weighted by Gasteiger charge is 2.33. The molecule has 4 nitrogen and oxygen atoms in total. The van der Waals surface area contributed by atoms with Crippen molar-refractivity contribution in [3.8, 4) is 11.5 Å². The molecule has 0 amide bonds. The third kappa shape index (κ3) is 3.49. The summed E-state index contributed by atoms with van der Waals surface area (Å²) in [6.07, 6.45) is 5.50. The maximum absolute atomic E-state index is 10.9. The van der Waals surface area contributed by atoms with Gasteiger partial charge in [-0.25, -0.2) is 0 Å². The van der Waals surface area contributed by atoms with Gasteiger partial charge in [0.05, 0.1) is 5.60 Å². The lowest BCUT2D eigenvalue weighted by atomic mass is 9.84. The Kier molecular flexibility index (Phi) is 4.36. The molecule has 2 aromatic rings. The van der Waals surface area contributed by atoms with E-state index in [1.165, 1.54) is 0 Å². The molecule has 0 bridgehead atoms. The first-order chi connectivity index (χ1) is 12.2. The molecule has 4 rings (SSSR count). The molecule has 1 unspecified atom stereocenters. The van der Waals surface area contributed by atoms with Gasteiger partial charge >= 0.3 is 0 Å². The number of para-hydroxylation sites is 2. The number of hydrogen-bond donors (Lipinski definition) is 1. The fourth-order valence-electron chi connectivity index (χ4n) is 3.43. The molecule has 2 aromatic carbocycles. The van der Waals surface area contributed by atoms with Crippen molar-refractivity contribution in [3.05, 3.63) is 72.4 Å². The van der Waals surface area contributed by atoms with E-state index in [0.29, 0.717) is 6.61 Å². The molecular weight excluding hydrogens is 314 g/mol. The van der Waals surface area contributed by atoms with Crippen LogP contribution in [0.25, 0.3) is 0 Å². The Labute approximate surface area is 148 Å². The molecular formula is C21H23NO3. The molecule has 1 saturated heterocycles. The van der Waals surface area contributed by atoms with Gasteiger partial charge in [0.15, 0.2) is 17.6 Å². The van der Waals surface area contributed by atoms with Gasteiger partial charge in [-0.3, -0.25) is 0 Å². The van der Waals surface area contributed by atoms with Crippen molar-refractivity contribution in [2.24, 2.45) is 0 Å². The zero-order valence-electron chi connectivity index (χ0n) is 14.2. The first-order valence-corrected chi connectivity index (χ1v) is 8.82. The Morgan fingerprint density at radius 2 is 1.64 bits per heavy atom. The maximum Gasteiger partial charge on any atom is 0.162 e. The third-order valence-corrected chi connectivity index (χ3v) is 4.98. The van der Waals surface area contributed by atoms with Gasteiger partial charge in [-0.2, -0.15) is 0 Å². The van der Waals surface area contributed by atoms with Crippen molar-refractivity contribution in [1.29, 1.82) is 0 Å². The summed E-state index contributed by atoms with van der Waals surface area (Å²) < 4.78 is 11.7. The second-order valence-electron chi connectivity index (χ2n) is 6.69. The van der Waals surface area contributed by atoms with Gasteiger partial charge in [-0.15, -0.1) is 0 Å². The Hall–Kier alpha value is -2.46. The van der Waals surface area contributed by atoms with Gasteiger partial charge in [-0.1, -0.05) is 42.5 Å². The van der Waals surface area contributed by atoms with E-state index in [0.717, 1.165) is 43.0 Å². The lowest BCUT2D eigenvalue weighted by molar-refractivity contribution is -0.0163. The number of rotatable bonds is 3. The normalized spacial score (nSPS) is 22.1. The van der Waals surface area contributed by atoms with Gasteiger partial charge in [0.2, 0.25) is 0 Å². The summed E-state index contributed by atoms with van der Waals surface area (Å²) in [5, 5.41) is 10.9. The van der Waals surface area contributed by atoms with Crippen LogP contribution in [0.4, 0.5) is 0 Å². The second kappa shape index (κ2) is 6.81. The van der Waals surface area contributed by atoms with Crippen LogP contribution in [-0.2, 0) is 5.60 Å². The average Bonchev–Trinajstić information content (AvgIpc) is 2.68. The molecule has 0 aromatic heterocycles. The van der Waals surface area contributed by atoms with Gasteiger partial charge in [0.25, 0.3) is 0 Å². The Balaban J connectivity index is 1.34. The monoisotopic (exact) mass is 337 g/mol. The highest BCUT2D eigenvalue weighted by atomic mass is 16.6. The minimum absolute atomic E-state index is 0.0789. The average molecular weight is 337 g/mol. The smallest absolute Gasteiger partial charge is 0.162 e. The molecule has 1 atom stereocenters. The van der Waals surface area contributed by atoms with Crippen LogP contribution in [0.3, 0.4) is 0 Å². The molecule has 0 aliphatic carbocycles. The van der Waals surface area contributed by atoms with Crippen LogP contribution >= 0.6 is 0 Å². The van der Waals surface area contributed by atoms with Gasteiger partial charge in [-0.05, 0) is 42.8 Å². The highest BCUT2D eigenvalue weighted by molar-refractivity contribution is 5.41. The van der Waals surface area contributed by atoms with Gasteiger partial charge in [0, 0.05) is 13.1 Å². The summed E-state index contributed by atoms with van der Waals surface area (Å²) in [5.74, 6) is 1.60. The minimum atomic E-state index is -0.713. The van der Waals surface area contributed by atoms with E-state index in [2.05, 4.69) is 11.1 Å². The summed E-state index contributed by atoms with van der Waals surface area (Å²) in [6.45, 7) is 2.17. The molecule has 0 saturated carbocycles. The molecule has 2 aliphatic rings. The van der Waals surface area contributed by atoms with Crippen molar-refractivity contribution < 1.29 is 14.6 Å². The van der Waals surface area contributed by atoms with Gasteiger partial charge in [0.1, 0.15) is 6.61 Å². The standard InChI is InChI=1S/C21H23NO3/c23-21(17-6-2-1-3-7-17)11-14-22(15-12-21)13-10-18-16-24-19-8-4-5-9-20(19)25-18/h1-10,13,18,23H,11-12,14-16H2/b13-10+. The second-order valence-corrected chi connectivity index (χ2v) is 6.69.